The Kier molecular flexibility index (Phi) is 7.37. The molecule has 3 rings (SSSR count). The van der Waals surface area contributed by atoms with Crippen LogP contribution in [0.25, 0.3) is 0 Å². The molecule has 0 radical (unpaired) electrons. The quantitative estimate of drug-likeness (QED) is 0.580. The van der Waals surface area contributed by atoms with Crippen LogP contribution in [-0.4, -0.2) is 39.1 Å². The van der Waals surface area contributed by atoms with E-state index in [-0.39, 0.29) is 16.7 Å². The van der Waals surface area contributed by atoms with Gasteiger partial charge in [0, 0.05) is 23.5 Å². The van der Waals surface area contributed by atoms with E-state index in [9.17, 15) is 18.0 Å². The number of hydrogen-bond donors (Lipinski definition) is 3. The van der Waals surface area contributed by atoms with E-state index >= 15 is 0 Å². The average molecular weight is 462 g/mol. The van der Waals surface area contributed by atoms with Gasteiger partial charge in [-0.25, -0.2) is 13.6 Å². The van der Waals surface area contributed by atoms with Crippen LogP contribution in [-0.2, 0) is 26.0 Å². The fourth-order valence-corrected chi connectivity index (χ4v) is 4.22. The molecule has 2 amide bonds. The number of nitrogens with two attached hydrogens (primary N) is 1. The Bertz CT molecular complexity index is 1090. The van der Waals surface area contributed by atoms with Crippen LogP contribution in [0, 0.1) is 0 Å². The molecule has 4 N–H and O–H groups in total. The summed E-state index contributed by atoms with van der Waals surface area (Å²) in [6.07, 6.45) is 0.541. The second-order valence-electron chi connectivity index (χ2n) is 6.81. The molecular weight excluding hydrogens is 438 g/mol. The van der Waals surface area contributed by atoms with E-state index in [2.05, 4.69) is 10.6 Å². The molecule has 1 heterocycles. The lowest BCUT2D eigenvalue weighted by atomic mass is 10.1. The molecule has 8 nitrogen and oxygen atoms in total. The van der Waals surface area contributed by atoms with E-state index in [0.717, 1.165) is 11.3 Å². The number of allylic oxidation sites excluding steroid dienone is 1. The largest absolute Gasteiger partial charge is 0.496 e. The molecule has 0 fully saturated rings. The zero-order valence-electron chi connectivity index (χ0n) is 16.9. The molecule has 0 aromatic heterocycles. The van der Waals surface area contributed by atoms with Crippen molar-refractivity contribution >= 4 is 39.3 Å². The van der Waals surface area contributed by atoms with Gasteiger partial charge < -0.3 is 15.4 Å². The monoisotopic (exact) mass is 461 g/mol. The Labute approximate surface area is 185 Å². The number of carbonyl (C=O) groups excluding carboxylic acids is 2. The minimum atomic E-state index is -3.72. The number of thioether (sulfide) groups is 1. The summed E-state index contributed by atoms with van der Waals surface area (Å²) in [5.41, 5.74) is 1.93. The number of amides is 2. The molecule has 0 atom stereocenters. The van der Waals surface area contributed by atoms with Gasteiger partial charge in [-0.3, -0.25) is 9.59 Å². The first-order valence-corrected chi connectivity index (χ1v) is 12.0. The van der Waals surface area contributed by atoms with Gasteiger partial charge in [-0.1, -0.05) is 12.1 Å². The number of benzene rings is 2. The van der Waals surface area contributed by atoms with Crippen molar-refractivity contribution in [2.75, 3.05) is 24.2 Å². The minimum Gasteiger partial charge on any atom is -0.496 e. The Morgan fingerprint density at radius 2 is 1.74 bits per heavy atom. The first kappa shape index (κ1) is 22.9. The summed E-state index contributed by atoms with van der Waals surface area (Å²) in [5, 5.41) is 10.7. The van der Waals surface area contributed by atoms with E-state index in [1.165, 1.54) is 23.9 Å². The predicted octanol–water partition coefficient (Wildman–Crippen LogP) is 2.24. The van der Waals surface area contributed by atoms with E-state index in [1.807, 2.05) is 0 Å². The zero-order chi connectivity index (χ0) is 22.4. The maximum absolute atomic E-state index is 12.4. The van der Waals surface area contributed by atoms with Crippen molar-refractivity contribution in [3.63, 3.8) is 0 Å². The molecule has 31 heavy (non-hydrogen) atoms. The van der Waals surface area contributed by atoms with Gasteiger partial charge in [0.25, 0.3) is 11.8 Å². The summed E-state index contributed by atoms with van der Waals surface area (Å²) >= 11 is 1.46. The van der Waals surface area contributed by atoms with Crippen LogP contribution in [0.1, 0.15) is 22.8 Å². The number of primary sulfonamides is 1. The standard InChI is InChI=1S/C21H23N3O5S2/c1-14-19(30-13-12-29-14)21(26)24-17-6-4-16(5-7-17)20(25)23-11-10-15-2-8-18(9-3-15)31(22,27)28/h2-9H,10-13H2,1H3,(H,23,25)(H,24,26)(H2,22,27,28). The number of sulfonamides is 1. The number of rotatable bonds is 7. The molecule has 0 unspecified atom stereocenters. The van der Waals surface area contributed by atoms with Crippen LogP contribution < -0.4 is 15.8 Å². The third-order valence-electron chi connectivity index (χ3n) is 4.53. The third-order valence-corrected chi connectivity index (χ3v) is 6.59. The van der Waals surface area contributed by atoms with Crippen molar-refractivity contribution in [1.29, 1.82) is 0 Å². The molecular formula is C21H23N3O5S2. The number of carbonyl (C=O) groups is 2. The highest BCUT2D eigenvalue weighted by atomic mass is 32.2. The van der Waals surface area contributed by atoms with E-state index in [4.69, 9.17) is 9.88 Å². The van der Waals surface area contributed by atoms with Crippen LogP contribution in [0.5, 0.6) is 0 Å². The Hall–Kier alpha value is -2.82. The summed E-state index contributed by atoms with van der Waals surface area (Å²) < 4.78 is 27.9. The molecule has 0 saturated heterocycles. The van der Waals surface area contributed by atoms with E-state index in [0.29, 0.717) is 41.5 Å². The molecule has 2 aromatic carbocycles. The molecule has 0 bridgehead atoms. The molecule has 0 saturated carbocycles. The highest BCUT2D eigenvalue weighted by Crippen LogP contribution is 2.26. The van der Waals surface area contributed by atoms with Crippen LogP contribution in [0.3, 0.4) is 0 Å². The van der Waals surface area contributed by atoms with Crippen LogP contribution in [0.2, 0.25) is 0 Å². The van der Waals surface area contributed by atoms with Crippen molar-refractivity contribution in [3.8, 4) is 0 Å². The van der Waals surface area contributed by atoms with Crippen molar-refractivity contribution < 1.29 is 22.7 Å². The zero-order valence-corrected chi connectivity index (χ0v) is 18.5. The third kappa shape index (κ3) is 6.33. The van der Waals surface area contributed by atoms with Crippen LogP contribution >= 0.6 is 11.8 Å². The lowest BCUT2D eigenvalue weighted by molar-refractivity contribution is -0.112. The van der Waals surface area contributed by atoms with Gasteiger partial charge in [0.1, 0.15) is 10.7 Å². The van der Waals surface area contributed by atoms with Crippen molar-refractivity contribution in [2.45, 2.75) is 18.2 Å². The predicted molar refractivity (Wildman–Crippen MR) is 120 cm³/mol. The van der Waals surface area contributed by atoms with Crippen LogP contribution in [0.4, 0.5) is 5.69 Å². The Balaban J connectivity index is 1.50. The Morgan fingerprint density at radius 3 is 2.35 bits per heavy atom. The fraction of sp³-hybridized carbons (Fsp3) is 0.238. The lowest BCUT2D eigenvalue weighted by Gasteiger charge is -2.17. The Morgan fingerprint density at radius 1 is 1.06 bits per heavy atom. The lowest BCUT2D eigenvalue weighted by Crippen LogP contribution is -2.25. The van der Waals surface area contributed by atoms with Crippen molar-refractivity contribution in [2.24, 2.45) is 5.14 Å². The number of ether oxygens (including phenoxy) is 1. The SMILES string of the molecule is CC1=C(C(=O)Nc2ccc(C(=O)NCCc3ccc(S(N)(=O)=O)cc3)cc2)SCCO1. The minimum absolute atomic E-state index is 0.0496. The van der Waals surface area contributed by atoms with Crippen LogP contribution in [0.15, 0.2) is 64.1 Å². The second-order valence-corrected chi connectivity index (χ2v) is 9.48. The first-order valence-electron chi connectivity index (χ1n) is 9.52. The number of nitrogens with one attached hydrogen (secondary N) is 2. The maximum atomic E-state index is 12.4. The number of anilines is 1. The first-order chi connectivity index (χ1) is 14.7. The summed E-state index contributed by atoms with van der Waals surface area (Å²) in [5.74, 6) is 0.876. The maximum Gasteiger partial charge on any atom is 0.265 e. The molecule has 1 aliphatic heterocycles. The van der Waals surface area contributed by atoms with Gasteiger partial charge in [-0.15, -0.1) is 11.8 Å². The van der Waals surface area contributed by atoms with Gasteiger partial charge in [0.15, 0.2) is 0 Å². The summed E-state index contributed by atoms with van der Waals surface area (Å²) in [6, 6.07) is 12.8. The van der Waals surface area contributed by atoms with Gasteiger partial charge in [-0.2, -0.15) is 0 Å². The van der Waals surface area contributed by atoms with Gasteiger partial charge in [-0.05, 0) is 55.3 Å². The topological polar surface area (TPSA) is 128 Å². The summed E-state index contributed by atoms with van der Waals surface area (Å²) in [7, 11) is -3.72. The van der Waals surface area contributed by atoms with Gasteiger partial charge >= 0.3 is 0 Å². The average Bonchev–Trinajstić information content (AvgIpc) is 2.74. The molecule has 0 aliphatic carbocycles. The van der Waals surface area contributed by atoms with Gasteiger partial charge in [0.05, 0.1) is 11.5 Å². The molecule has 10 heteroatoms. The molecule has 0 spiro atoms. The molecule has 164 valence electrons. The summed E-state index contributed by atoms with van der Waals surface area (Å²) in [4.78, 5) is 25.3. The summed E-state index contributed by atoms with van der Waals surface area (Å²) in [6.45, 7) is 2.75. The highest BCUT2D eigenvalue weighted by Gasteiger charge is 2.19. The highest BCUT2D eigenvalue weighted by molar-refractivity contribution is 8.04. The molecule has 2 aromatic rings. The smallest absolute Gasteiger partial charge is 0.265 e. The normalized spacial score (nSPS) is 14.0. The van der Waals surface area contributed by atoms with Gasteiger partial charge in [0.2, 0.25) is 10.0 Å². The van der Waals surface area contributed by atoms with E-state index in [1.54, 1.807) is 43.3 Å². The second kappa shape index (κ2) is 9.99. The van der Waals surface area contributed by atoms with Crippen molar-refractivity contribution in [1.82, 2.24) is 5.32 Å². The number of hydrogen-bond acceptors (Lipinski definition) is 6. The fourth-order valence-electron chi connectivity index (χ4n) is 2.89. The van der Waals surface area contributed by atoms with Crippen molar-refractivity contribution in [3.05, 3.63) is 70.3 Å². The molecule has 1 aliphatic rings. The van der Waals surface area contributed by atoms with E-state index < -0.39 is 10.0 Å².